The lowest BCUT2D eigenvalue weighted by Gasteiger charge is -2.21. The lowest BCUT2D eigenvalue weighted by Crippen LogP contribution is -2.32. The number of urea groups is 1. The second-order valence-electron chi connectivity index (χ2n) is 5.40. The Hall–Kier alpha value is -2.77. The van der Waals surface area contributed by atoms with E-state index < -0.39 is 25.1 Å². The van der Waals surface area contributed by atoms with Crippen molar-refractivity contribution in [2.24, 2.45) is 0 Å². The van der Waals surface area contributed by atoms with E-state index in [1.807, 2.05) is 0 Å². The van der Waals surface area contributed by atoms with Crippen LogP contribution in [0.25, 0.3) is 0 Å². The van der Waals surface area contributed by atoms with Gasteiger partial charge in [0, 0.05) is 16.8 Å². The molecule has 0 saturated carbocycles. The van der Waals surface area contributed by atoms with Crippen molar-refractivity contribution >= 4 is 11.7 Å². The third-order valence-electron chi connectivity index (χ3n) is 3.62. The Kier molecular flexibility index (Phi) is 6.82. The molecule has 26 heavy (non-hydrogen) atoms. The van der Waals surface area contributed by atoms with Gasteiger partial charge >= 0.3 is 12.6 Å². The van der Waals surface area contributed by atoms with Crippen molar-refractivity contribution in [1.82, 2.24) is 5.32 Å². The Morgan fingerprint density at radius 1 is 1.08 bits per heavy atom. The molecule has 2 rings (SSSR count). The van der Waals surface area contributed by atoms with E-state index in [4.69, 9.17) is 0 Å². The van der Waals surface area contributed by atoms with Gasteiger partial charge in [0.1, 0.15) is 5.75 Å². The van der Waals surface area contributed by atoms with E-state index in [0.717, 1.165) is 0 Å². The topological polar surface area (TPSA) is 50.4 Å². The third kappa shape index (κ3) is 5.37. The predicted octanol–water partition coefficient (Wildman–Crippen LogP) is 5.50. The molecule has 0 radical (unpaired) electrons. The summed E-state index contributed by atoms with van der Waals surface area (Å²) in [6.07, 6.45) is -2.24. The van der Waals surface area contributed by atoms with Gasteiger partial charge in [-0.25, -0.2) is 13.6 Å². The Bertz CT molecular complexity index is 741. The number of anilines is 1. The average molecular weight is 370 g/mol. The first-order valence-corrected chi connectivity index (χ1v) is 7.90. The molecule has 0 saturated heterocycles. The van der Waals surface area contributed by atoms with Crippen molar-refractivity contribution in [3.05, 3.63) is 59.7 Å². The van der Waals surface area contributed by atoms with Gasteiger partial charge in [-0.2, -0.15) is 8.78 Å². The SMILES string of the molecule is CCC(NC(=O)Nc1cccc(C(F)F)c1)c1ccccc1OC(F)F. The van der Waals surface area contributed by atoms with Gasteiger partial charge in [0.2, 0.25) is 0 Å². The molecule has 2 aromatic rings. The summed E-state index contributed by atoms with van der Waals surface area (Å²) in [7, 11) is 0. The third-order valence-corrected chi connectivity index (χ3v) is 3.62. The van der Waals surface area contributed by atoms with Crippen molar-refractivity contribution in [1.29, 1.82) is 0 Å². The second kappa shape index (κ2) is 9.07. The fourth-order valence-electron chi connectivity index (χ4n) is 2.45. The number of para-hydroxylation sites is 1. The molecule has 0 heterocycles. The van der Waals surface area contributed by atoms with Crippen molar-refractivity contribution in [3.63, 3.8) is 0 Å². The maximum absolute atomic E-state index is 12.7. The van der Waals surface area contributed by atoms with E-state index in [9.17, 15) is 22.4 Å². The summed E-state index contributed by atoms with van der Waals surface area (Å²) in [6.45, 7) is -1.22. The molecule has 0 bridgehead atoms. The lowest BCUT2D eigenvalue weighted by molar-refractivity contribution is -0.0506. The molecule has 0 aromatic heterocycles. The summed E-state index contributed by atoms with van der Waals surface area (Å²) in [5.74, 6) is -0.0330. The molecular formula is C18H18F4N2O2. The minimum Gasteiger partial charge on any atom is -0.434 e. The number of hydrogen-bond acceptors (Lipinski definition) is 2. The molecule has 0 aliphatic carbocycles. The maximum Gasteiger partial charge on any atom is 0.387 e. The normalized spacial score (nSPS) is 12.1. The number of hydrogen-bond donors (Lipinski definition) is 2. The monoisotopic (exact) mass is 370 g/mol. The number of ether oxygens (including phenoxy) is 1. The number of alkyl halides is 4. The van der Waals surface area contributed by atoms with Crippen LogP contribution in [0, 0.1) is 0 Å². The zero-order valence-corrected chi connectivity index (χ0v) is 13.9. The quantitative estimate of drug-likeness (QED) is 0.633. The number of amides is 2. The lowest BCUT2D eigenvalue weighted by atomic mass is 10.0. The minimum atomic E-state index is -2.99. The molecule has 0 fully saturated rings. The first-order chi connectivity index (χ1) is 12.4. The van der Waals surface area contributed by atoms with E-state index in [-0.39, 0.29) is 17.0 Å². The highest BCUT2D eigenvalue weighted by molar-refractivity contribution is 5.89. The molecule has 4 nitrogen and oxygen atoms in total. The van der Waals surface area contributed by atoms with E-state index >= 15 is 0 Å². The molecule has 2 amide bonds. The van der Waals surface area contributed by atoms with Crippen molar-refractivity contribution in [2.75, 3.05) is 5.32 Å². The van der Waals surface area contributed by atoms with E-state index in [1.165, 1.54) is 30.3 Å². The van der Waals surface area contributed by atoms with Crippen molar-refractivity contribution < 1.29 is 27.1 Å². The smallest absolute Gasteiger partial charge is 0.387 e. The highest BCUT2D eigenvalue weighted by Gasteiger charge is 2.19. The molecule has 1 atom stereocenters. The van der Waals surface area contributed by atoms with Gasteiger partial charge in [0.05, 0.1) is 6.04 Å². The number of carbonyl (C=O) groups is 1. The van der Waals surface area contributed by atoms with Crippen LogP contribution in [-0.2, 0) is 0 Å². The minimum absolute atomic E-state index is 0.0330. The Labute approximate surface area is 148 Å². The van der Waals surface area contributed by atoms with Crippen LogP contribution in [0.2, 0.25) is 0 Å². The number of rotatable bonds is 7. The average Bonchev–Trinajstić information content (AvgIpc) is 2.60. The fraction of sp³-hybridized carbons (Fsp3) is 0.278. The Morgan fingerprint density at radius 3 is 2.46 bits per heavy atom. The van der Waals surface area contributed by atoms with Gasteiger partial charge in [-0.15, -0.1) is 0 Å². The Balaban J connectivity index is 2.10. The van der Waals surface area contributed by atoms with Crippen LogP contribution in [0.1, 0.15) is 36.9 Å². The van der Waals surface area contributed by atoms with E-state index in [2.05, 4.69) is 15.4 Å². The van der Waals surface area contributed by atoms with Crippen LogP contribution < -0.4 is 15.4 Å². The number of benzene rings is 2. The zero-order valence-electron chi connectivity index (χ0n) is 13.9. The van der Waals surface area contributed by atoms with Crippen LogP contribution in [0.5, 0.6) is 5.75 Å². The van der Waals surface area contributed by atoms with Crippen molar-refractivity contribution in [2.45, 2.75) is 32.4 Å². The second-order valence-corrected chi connectivity index (χ2v) is 5.40. The molecule has 140 valence electrons. The standard InChI is InChI=1S/C18H18F4N2O2/c1-2-14(13-8-3-4-9-15(13)26-17(21)22)24-18(25)23-12-7-5-6-11(10-12)16(19)20/h3-10,14,16-17H,2H2,1H3,(H2,23,24,25). The van der Waals surface area contributed by atoms with Crippen LogP contribution in [0.3, 0.4) is 0 Å². The predicted molar refractivity (Wildman–Crippen MR) is 89.7 cm³/mol. The van der Waals surface area contributed by atoms with Gasteiger partial charge in [0.15, 0.2) is 0 Å². The maximum atomic E-state index is 12.7. The largest absolute Gasteiger partial charge is 0.434 e. The molecule has 0 aliphatic heterocycles. The molecule has 0 aliphatic rings. The van der Waals surface area contributed by atoms with Crippen LogP contribution in [-0.4, -0.2) is 12.6 Å². The first-order valence-electron chi connectivity index (χ1n) is 7.90. The highest BCUT2D eigenvalue weighted by Crippen LogP contribution is 2.28. The molecule has 0 spiro atoms. The van der Waals surface area contributed by atoms with Crippen LogP contribution in [0.4, 0.5) is 28.0 Å². The highest BCUT2D eigenvalue weighted by atomic mass is 19.3. The van der Waals surface area contributed by atoms with Crippen LogP contribution >= 0.6 is 0 Å². The van der Waals surface area contributed by atoms with E-state index in [1.54, 1.807) is 25.1 Å². The fourth-order valence-corrected chi connectivity index (χ4v) is 2.45. The molecular weight excluding hydrogens is 352 g/mol. The zero-order chi connectivity index (χ0) is 19.1. The first kappa shape index (κ1) is 19.6. The number of nitrogens with one attached hydrogen (secondary N) is 2. The van der Waals surface area contributed by atoms with Crippen LogP contribution in [0.15, 0.2) is 48.5 Å². The molecule has 8 heteroatoms. The summed E-state index contributed by atoms with van der Waals surface area (Å²) < 4.78 is 55.0. The summed E-state index contributed by atoms with van der Waals surface area (Å²) in [5.41, 5.74) is 0.379. The van der Waals surface area contributed by atoms with Gasteiger partial charge in [-0.3, -0.25) is 0 Å². The van der Waals surface area contributed by atoms with Gasteiger partial charge in [-0.05, 0) is 24.6 Å². The van der Waals surface area contributed by atoms with E-state index in [0.29, 0.717) is 12.0 Å². The number of halogens is 4. The van der Waals surface area contributed by atoms with Gasteiger partial charge in [-0.1, -0.05) is 37.3 Å². The van der Waals surface area contributed by atoms with Gasteiger partial charge in [0.25, 0.3) is 6.43 Å². The summed E-state index contributed by atoms with van der Waals surface area (Å²) in [4.78, 5) is 12.2. The molecule has 1 unspecified atom stereocenters. The number of carbonyl (C=O) groups excluding carboxylic acids is 1. The summed E-state index contributed by atoms with van der Waals surface area (Å²) >= 11 is 0. The summed E-state index contributed by atoms with van der Waals surface area (Å²) in [5, 5.41) is 5.09. The van der Waals surface area contributed by atoms with Gasteiger partial charge < -0.3 is 15.4 Å². The molecule has 2 aromatic carbocycles. The Morgan fingerprint density at radius 2 is 1.81 bits per heavy atom. The van der Waals surface area contributed by atoms with Crippen molar-refractivity contribution in [3.8, 4) is 5.75 Å². The molecule has 2 N–H and O–H groups in total. The summed E-state index contributed by atoms with van der Waals surface area (Å²) in [6, 6.07) is 10.2.